The van der Waals surface area contributed by atoms with Crippen molar-refractivity contribution in [2.24, 2.45) is 0 Å². The minimum Gasteiger partial charge on any atom is -0.486 e. The zero-order chi connectivity index (χ0) is 28.8. The van der Waals surface area contributed by atoms with E-state index < -0.39 is 12.6 Å². The van der Waals surface area contributed by atoms with Crippen LogP contribution in [0.15, 0.2) is 97.1 Å². The molecule has 0 fully saturated rings. The summed E-state index contributed by atoms with van der Waals surface area (Å²) in [5.41, 5.74) is 6.60. The first-order chi connectivity index (χ1) is 19.9. The highest BCUT2D eigenvalue weighted by molar-refractivity contribution is 7.15. The van der Waals surface area contributed by atoms with E-state index in [0.29, 0.717) is 11.5 Å². The maximum absolute atomic E-state index is 11.5. The first kappa shape index (κ1) is 27.6. The number of carbonyl (C=O) groups excluding carboxylic acids is 1. The van der Waals surface area contributed by atoms with Crippen molar-refractivity contribution in [2.45, 2.75) is 20.5 Å². The Bertz CT molecular complexity index is 1660. The minimum absolute atomic E-state index is 0.123. The van der Waals surface area contributed by atoms with Gasteiger partial charge in [-0.05, 0) is 59.5 Å². The highest BCUT2D eigenvalue weighted by atomic mass is 32.1. The van der Waals surface area contributed by atoms with Crippen LogP contribution in [0.2, 0.25) is 0 Å². The molecule has 1 aromatic heterocycles. The predicted octanol–water partition coefficient (Wildman–Crippen LogP) is 7.45. The van der Waals surface area contributed by atoms with Crippen molar-refractivity contribution in [1.29, 1.82) is 0 Å². The minimum atomic E-state index is -1.03. The van der Waals surface area contributed by atoms with E-state index in [2.05, 4.69) is 41.7 Å². The molecular weight excluding hydrogens is 536 g/mol. The normalized spacial score (nSPS) is 10.7. The fourth-order valence-corrected chi connectivity index (χ4v) is 5.34. The van der Waals surface area contributed by atoms with Gasteiger partial charge in [0.25, 0.3) is 0 Å². The third-order valence-electron chi connectivity index (χ3n) is 6.26. The Hall–Kier alpha value is -4.95. The quantitative estimate of drug-likeness (QED) is 0.183. The number of carbonyl (C=O) groups is 2. The molecule has 0 saturated carbocycles. The molecule has 0 radical (unpaired) electrons. The number of benzene rings is 4. The molecule has 206 valence electrons. The molecule has 7 nitrogen and oxygen atoms in total. The summed E-state index contributed by atoms with van der Waals surface area (Å²) in [7, 11) is 0. The standard InChI is InChI=1S/C33H28N2O5S/c1-21-18-28(16-17-29(21)40-20-31(37)38)39-19-30-35-32(25-12-14-27(15-13-25)34-22(2)36)33(41-30)26-10-8-24(9-11-26)23-6-4-3-5-7-23/h3-18H,19-20H2,1-2H3,(H,34,36)(H,37,38). The molecule has 0 bridgehead atoms. The maximum atomic E-state index is 11.5. The number of ether oxygens (including phenoxy) is 2. The first-order valence-electron chi connectivity index (χ1n) is 13.0. The molecule has 8 heteroatoms. The van der Waals surface area contributed by atoms with Gasteiger partial charge in [0, 0.05) is 18.2 Å². The largest absolute Gasteiger partial charge is 0.486 e. The van der Waals surface area contributed by atoms with Crippen molar-refractivity contribution in [3.8, 4) is 44.3 Å². The van der Waals surface area contributed by atoms with E-state index in [-0.39, 0.29) is 12.5 Å². The molecule has 0 aliphatic heterocycles. The number of thiazole rings is 1. The molecule has 1 amide bonds. The molecule has 1 heterocycles. The van der Waals surface area contributed by atoms with Crippen molar-refractivity contribution in [1.82, 2.24) is 4.98 Å². The summed E-state index contributed by atoms with van der Waals surface area (Å²) in [6.45, 7) is 3.19. The van der Waals surface area contributed by atoms with Crippen LogP contribution in [0.1, 0.15) is 17.5 Å². The SMILES string of the molecule is CC(=O)Nc1ccc(-c2nc(COc3ccc(OCC(=O)O)c(C)c3)sc2-c2ccc(-c3ccccc3)cc2)cc1. The van der Waals surface area contributed by atoms with E-state index in [0.717, 1.165) is 49.1 Å². The van der Waals surface area contributed by atoms with Crippen LogP contribution in [0.3, 0.4) is 0 Å². The van der Waals surface area contributed by atoms with Crippen LogP contribution in [0.25, 0.3) is 32.8 Å². The zero-order valence-electron chi connectivity index (χ0n) is 22.6. The van der Waals surface area contributed by atoms with Crippen molar-refractivity contribution in [3.63, 3.8) is 0 Å². The molecule has 0 unspecified atom stereocenters. The lowest BCUT2D eigenvalue weighted by molar-refractivity contribution is -0.139. The second kappa shape index (κ2) is 12.5. The van der Waals surface area contributed by atoms with Crippen LogP contribution in [0.4, 0.5) is 5.69 Å². The van der Waals surface area contributed by atoms with Gasteiger partial charge in [0.15, 0.2) is 6.61 Å². The summed E-state index contributed by atoms with van der Waals surface area (Å²) in [5, 5.41) is 12.5. The molecule has 0 aliphatic carbocycles. The van der Waals surface area contributed by atoms with E-state index in [9.17, 15) is 9.59 Å². The Morgan fingerprint density at radius 1 is 0.829 bits per heavy atom. The lowest BCUT2D eigenvalue weighted by Crippen LogP contribution is -2.10. The fourth-order valence-electron chi connectivity index (χ4n) is 4.34. The van der Waals surface area contributed by atoms with Crippen molar-refractivity contribution in [2.75, 3.05) is 11.9 Å². The Kier molecular flexibility index (Phi) is 8.41. The Balaban J connectivity index is 1.42. The number of carboxylic acid groups (broad SMARTS) is 1. The predicted molar refractivity (Wildman–Crippen MR) is 161 cm³/mol. The summed E-state index contributed by atoms with van der Waals surface area (Å²) in [5.74, 6) is -0.0168. The summed E-state index contributed by atoms with van der Waals surface area (Å²) in [4.78, 5) is 28.2. The van der Waals surface area contributed by atoms with Crippen molar-refractivity contribution in [3.05, 3.63) is 108 Å². The van der Waals surface area contributed by atoms with E-state index in [4.69, 9.17) is 19.6 Å². The number of nitrogens with zero attached hydrogens (tertiary/aromatic N) is 1. The number of aromatic nitrogens is 1. The number of amides is 1. The van der Waals surface area contributed by atoms with Gasteiger partial charge in [0.1, 0.15) is 23.1 Å². The molecular formula is C33H28N2O5S. The van der Waals surface area contributed by atoms with Gasteiger partial charge in [0.05, 0.1) is 10.6 Å². The van der Waals surface area contributed by atoms with Crippen LogP contribution >= 0.6 is 11.3 Å². The van der Waals surface area contributed by atoms with Gasteiger partial charge in [-0.3, -0.25) is 4.79 Å². The second-order valence-electron chi connectivity index (χ2n) is 9.39. The molecule has 2 N–H and O–H groups in total. The maximum Gasteiger partial charge on any atom is 0.341 e. The van der Waals surface area contributed by atoms with Crippen LogP contribution in [0.5, 0.6) is 11.5 Å². The van der Waals surface area contributed by atoms with E-state index in [1.165, 1.54) is 6.92 Å². The summed E-state index contributed by atoms with van der Waals surface area (Å²) in [6, 6.07) is 31.6. The summed E-state index contributed by atoms with van der Waals surface area (Å²) < 4.78 is 11.4. The third kappa shape index (κ3) is 6.98. The van der Waals surface area contributed by atoms with Crippen molar-refractivity contribution < 1.29 is 24.2 Å². The number of carboxylic acids is 1. The molecule has 5 aromatic rings. The molecule has 0 aliphatic rings. The van der Waals surface area contributed by atoms with E-state index >= 15 is 0 Å². The van der Waals surface area contributed by atoms with Gasteiger partial charge in [-0.25, -0.2) is 9.78 Å². The third-order valence-corrected chi connectivity index (χ3v) is 7.34. The fraction of sp³-hybridized carbons (Fsp3) is 0.121. The lowest BCUT2D eigenvalue weighted by Gasteiger charge is -2.09. The van der Waals surface area contributed by atoms with Crippen LogP contribution in [0, 0.1) is 6.92 Å². The summed E-state index contributed by atoms with van der Waals surface area (Å²) in [6.07, 6.45) is 0. The highest BCUT2D eigenvalue weighted by Crippen LogP contribution is 2.38. The lowest BCUT2D eigenvalue weighted by atomic mass is 10.0. The highest BCUT2D eigenvalue weighted by Gasteiger charge is 2.16. The van der Waals surface area contributed by atoms with Gasteiger partial charge in [-0.1, -0.05) is 66.7 Å². The molecule has 0 spiro atoms. The average Bonchev–Trinajstić information content (AvgIpc) is 3.40. The Morgan fingerprint density at radius 2 is 1.49 bits per heavy atom. The van der Waals surface area contributed by atoms with E-state index in [1.807, 2.05) is 55.5 Å². The van der Waals surface area contributed by atoms with Crippen LogP contribution < -0.4 is 14.8 Å². The number of anilines is 1. The molecule has 41 heavy (non-hydrogen) atoms. The first-order valence-corrected chi connectivity index (χ1v) is 13.8. The van der Waals surface area contributed by atoms with Gasteiger partial charge in [-0.15, -0.1) is 11.3 Å². The molecule has 4 aromatic carbocycles. The van der Waals surface area contributed by atoms with Gasteiger partial charge in [-0.2, -0.15) is 0 Å². The smallest absolute Gasteiger partial charge is 0.341 e. The second-order valence-corrected chi connectivity index (χ2v) is 10.5. The van der Waals surface area contributed by atoms with E-state index in [1.54, 1.807) is 23.5 Å². The number of hydrogen-bond acceptors (Lipinski definition) is 6. The number of nitrogens with one attached hydrogen (secondary N) is 1. The zero-order valence-corrected chi connectivity index (χ0v) is 23.4. The Morgan fingerprint density at radius 3 is 2.15 bits per heavy atom. The monoisotopic (exact) mass is 564 g/mol. The topological polar surface area (TPSA) is 97.8 Å². The number of rotatable bonds is 10. The van der Waals surface area contributed by atoms with Crippen molar-refractivity contribution >= 4 is 28.9 Å². The molecule has 0 saturated heterocycles. The average molecular weight is 565 g/mol. The van der Waals surface area contributed by atoms with Crippen LogP contribution in [-0.2, 0) is 16.2 Å². The van der Waals surface area contributed by atoms with Gasteiger partial charge in [0.2, 0.25) is 5.91 Å². The molecule has 0 atom stereocenters. The molecule has 5 rings (SSSR count). The van der Waals surface area contributed by atoms with Gasteiger partial charge >= 0.3 is 5.97 Å². The number of aliphatic carboxylic acids is 1. The van der Waals surface area contributed by atoms with Gasteiger partial charge < -0.3 is 19.9 Å². The number of aryl methyl sites for hydroxylation is 1. The Labute approximate surface area is 242 Å². The van der Waals surface area contributed by atoms with Crippen LogP contribution in [-0.4, -0.2) is 28.6 Å². The summed E-state index contributed by atoms with van der Waals surface area (Å²) >= 11 is 1.57. The number of hydrogen-bond donors (Lipinski definition) is 2.